The topological polar surface area (TPSA) is 38.8 Å². The van der Waals surface area contributed by atoms with E-state index in [9.17, 15) is 4.79 Å². The predicted octanol–water partition coefficient (Wildman–Crippen LogP) is 3.13. The van der Waals surface area contributed by atoms with Crippen LogP contribution in [0.1, 0.15) is 6.92 Å². The maximum atomic E-state index is 11.3. The molecule has 2 aromatic carbocycles. The van der Waals surface area contributed by atoms with E-state index in [1.54, 1.807) is 0 Å². The fourth-order valence-electron chi connectivity index (χ4n) is 2.16. The van der Waals surface area contributed by atoms with E-state index >= 15 is 0 Å². The first-order valence-corrected chi connectivity index (χ1v) is 7.26. The number of carbonyl (C=O) groups is 1. The van der Waals surface area contributed by atoms with Gasteiger partial charge in [-0.1, -0.05) is 36.4 Å². The molecule has 4 heteroatoms. The number of benzene rings is 2. The number of ether oxygens (including phenoxy) is 2. The Morgan fingerprint density at radius 1 is 1.05 bits per heavy atom. The lowest BCUT2D eigenvalue weighted by molar-refractivity contribution is -0.147. The highest BCUT2D eigenvalue weighted by Crippen LogP contribution is 2.14. The average molecular weight is 299 g/mol. The highest BCUT2D eigenvalue weighted by molar-refractivity contribution is 5.66. The number of carbonyl (C=O) groups excluding carboxylic acids is 1. The summed E-state index contributed by atoms with van der Waals surface area (Å²) in [6, 6.07) is 19.5. The van der Waals surface area contributed by atoms with Gasteiger partial charge in [-0.25, -0.2) is 0 Å². The lowest BCUT2D eigenvalue weighted by Gasteiger charge is -2.25. The third-order valence-corrected chi connectivity index (χ3v) is 3.19. The molecule has 0 aliphatic heterocycles. The van der Waals surface area contributed by atoms with E-state index in [0.29, 0.717) is 13.2 Å². The Bertz CT molecular complexity index is 571. The molecule has 0 aromatic heterocycles. The fraction of sp³-hybridized carbons (Fsp3) is 0.278. The Kier molecular flexibility index (Phi) is 5.83. The van der Waals surface area contributed by atoms with Crippen LogP contribution in [0.5, 0.6) is 5.75 Å². The van der Waals surface area contributed by atoms with Crippen LogP contribution < -0.4 is 9.64 Å². The molecule has 0 radical (unpaired) electrons. The van der Waals surface area contributed by atoms with Crippen molar-refractivity contribution in [1.29, 1.82) is 0 Å². The van der Waals surface area contributed by atoms with Crippen molar-refractivity contribution in [3.05, 3.63) is 60.7 Å². The number of nitrogens with zero attached hydrogens (tertiary/aromatic N) is 1. The number of likely N-dealkylation sites (N-methyl/N-ethyl adjacent to an activating group) is 1. The Morgan fingerprint density at radius 3 is 2.23 bits per heavy atom. The van der Waals surface area contributed by atoms with Crippen LogP contribution in [0, 0.1) is 0 Å². The number of hydrogen-bond acceptors (Lipinski definition) is 4. The van der Waals surface area contributed by atoms with Crippen molar-refractivity contribution in [2.24, 2.45) is 0 Å². The summed E-state index contributed by atoms with van der Waals surface area (Å²) in [6.07, 6.45) is -0.331. The van der Waals surface area contributed by atoms with Gasteiger partial charge in [-0.05, 0) is 24.3 Å². The summed E-state index contributed by atoms with van der Waals surface area (Å²) in [5.41, 5.74) is 1.07. The minimum absolute atomic E-state index is 0.303. The van der Waals surface area contributed by atoms with Gasteiger partial charge in [0.15, 0.2) is 6.10 Å². The molecule has 0 aliphatic rings. The number of esters is 1. The van der Waals surface area contributed by atoms with Crippen LogP contribution in [0.3, 0.4) is 0 Å². The maximum absolute atomic E-state index is 11.3. The largest absolute Gasteiger partial charge is 0.490 e. The molecule has 0 spiro atoms. The lowest BCUT2D eigenvalue weighted by Crippen LogP contribution is -2.36. The second-order valence-corrected chi connectivity index (χ2v) is 5.07. The van der Waals surface area contributed by atoms with Gasteiger partial charge in [-0.3, -0.25) is 4.79 Å². The predicted molar refractivity (Wildman–Crippen MR) is 87.2 cm³/mol. The first-order chi connectivity index (χ1) is 10.6. The molecule has 0 bridgehead atoms. The van der Waals surface area contributed by atoms with Gasteiger partial charge in [0.05, 0.1) is 6.54 Å². The van der Waals surface area contributed by atoms with E-state index in [0.717, 1.165) is 11.4 Å². The summed E-state index contributed by atoms with van der Waals surface area (Å²) in [5, 5.41) is 0. The smallest absolute Gasteiger partial charge is 0.303 e. The van der Waals surface area contributed by atoms with Crippen molar-refractivity contribution in [1.82, 2.24) is 0 Å². The molecule has 0 saturated heterocycles. The molecule has 0 fully saturated rings. The summed E-state index contributed by atoms with van der Waals surface area (Å²) in [6.45, 7) is 2.30. The third kappa shape index (κ3) is 5.13. The van der Waals surface area contributed by atoms with Crippen molar-refractivity contribution in [3.8, 4) is 5.75 Å². The van der Waals surface area contributed by atoms with Gasteiger partial charge >= 0.3 is 5.97 Å². The zero-order chi connectivity index (χ0) is 15.8. The van der Waals surface area contributed by atoms with Crippen LogP contribution in [-0.4, -0.2) is 32.3 Å². The van der Waals surface area contributed by atoms with Crippen molar-refractivity contribution < 1.29 is 14.3 Å². The molecule has 0 N–H and O–H groups in total. The van der Waals surface area contributed by atoms with Crippen molar-refractivity contribution in [2.45, 2.75) is 13.0 Å². The van der Waals surface area contributed by atoms with Gasteiger partial charge in [0.2, 0.25) is 0 Å². The van der Waals surface area contributed by atoms with E-state index in [1.807, 2.05) is 72.6 Å². The van der Waals surface area contributed by atoms with Gasteiger partial charge in [-0.15, -0.1) is 0 Å². The molecule has 0 amide bonds. The van der Waals surface area contributed by atoms with E-state index < -0.39 is 0 Å². The quantitative estimate of drug-likeness (QED) is 0.736. The highest BCUT2D eigenvalue weighted by Gasteiger charge is 2.16. The van der Waals surface area contributed by atoms with Gasteiger partial charge in [-0.2, -0.15) is 0 Å². The Balaban J connectivity index is 1.95. The number of para-hydroxylation sites is 2. The summed E-state index contributed by atoms with van der Waals surface area (Å²) in [4.78, 5) is 13.3. The van der Waals surface area contributed by atoms with E-state index in [4.69, 9.17) is 9.47 Å². The van der Waals surface area contributed by atoms with Crippen molar-refractivity contribution in [3.63, 3.8) is 0 Å². The Morgan fingerprint density at radius 2 is 1.64 bits per heavy atom. The third-order valence-electron chi connectivity index (χ3n) is 3.19. The minimum atomic E-state index is -0.331. The summed E-state index contributed by atoms with van der Waals surface area (Å²) in [5.74, 6) is 0.463. The Labute approximate surface area is 131 Å². The number of hydrogen-bond donors (Lipinski definition) is 0. The zero-order valence-electron chi connectivity index (χ0n) is 12.9. The van der Waals surface area contributed by atoms with Crippen LogP contribution in [-0.2, 0) is 9.53 Å². The lowest BCUT2D eigenvalue weighted by atomic mass is 10.2. The molecule has 116 valence electrons. The van der Waals surface area contributed by atoms with Crippen LogP contribution in [0.2, 0.25) is 0 Å². The number of anilines is 1. The molecule has 22 heavy (non-hydrogen) atoms. The second kappa shape index (κ2) is 8.08. The number of rotatable bonds is 7. The van der Waals surface area contributed by atoms with E-state index in [1.165, 1.54) is 6.92 Å². The molecule has 1 atom stereocenters. The molecule has 0 saturated carbocycles. The van der Waals surface area contributed by atoms with E-state index in [2.05, 4.69) is 0 Å². The van der Waals surface area contributed by atoms with Gasteiger partial charge in [0.25, 0.3) is 0 Å². The normalized spacial score (nSPS) is 11.5. The average Bonchev–Trinajstić information content (AvgIpc) is 2.54. The Hall–Kier alpha value is -2.49. The molecule has 0 heterocycles. The SMILES string of the molecule is CC(=O)OC(COc1ccccc1)CN(C)c1ccccc1. The van der Waals surface area contributed by atoms with Crippen LogP contribution in [0.4, 0.5) is 5.69 Å². The van der Waals surface area contributed by atoms with E-state index in [-0.39, 0.29) is 12.1 Å². The first-order valence-electron chi connectivity index (χ1n) is 7.26. The van der Waals surface area contributed by atoms with Gasteiger partial charge in [0, 0.05) is 19.7 Å². The second-order valence-electron chi connectivity index (χ2n) is 5.07. The molecule has 2 aromatic rings. The molecule has 0 aliphatic carbocycles. The highest BCUT2D eigenvalue weighted by atomic mass is 16.6. The fourth-order valence-corrected chi connectivity index (χ4v) is 2.16. The summed E-state index contributed by atoms with van der Waals surface area (Å²) >= 11 is 0. The molecular formula is C18H21NO3. The van der Waals surface area contributed by atoms with Crippen molar-refractivity contribution in [2.75, 3.05) is 25.1 Å². The molecule has 4 nitrogen and oxygen atoms in total. The van der Waals surface area contributed by atoms with Crippen molar-refractivity contribution >= 4 is 11.7 Å². The maximum Gasteiger partial charge on any atom is 0.303 e. The standard InChI is InChI=1S/C18H21NO3/c1-15(20)22-18(14-21-17-11-7-4-8-12-17)13-19(2)16-9-5-3-6-10-16/h3-12,18H,13-14H2,1-2H3. The van der Waals surface area contributed by atoms with Gasteiger partial charge < -0.3 is 14.4 Å². The molecule has 2 rings (SSSR count). The summed E-state index contributed by atoms with van der Waals surface area (Å²) < 4.78 is 11.1. The van der Waals surface area contributed by atoms with Gasteiger partial charge in [0.1, 0.15) is 12.4 Å². The monoisotopic (exact) mass is 299 g/mol. The summed E-state index contributed by atoms with van der Waals surface area (Å²) in [7, 11) is 1.97. The minimum Gasteiger partial charge on any atom is -0.490 e. The van der Waals surface area contributed by atoms with Crippen LogP contribution in [0.25, 0.3) is 0 Å². The molecule has 1 unspecified atom stereocenters. The van der Waals surface area contributed by atoms with Crippen LogP contribution >= 0.6 is 0 Å². The van der Waals surface area contributed by atoms with Crippen LogP contribution in [0.15, 0.2) is 60.7 Å². The zero-order valence-corrected chi connectivity index (χ0v) is 12.9. The first kappa shape index (κ1) is 15.9. The molecular weight excluding hydrogens is 278 g/mol.